The Balaban J connectivity index is 1.79. The van der Waals surface area contributed by atoms with E-state index in [1.165, 1.54) is 0 Å². The Kier molecular flexibility index (Phi) is 3.65. The van der Waals surface area contributed by atoms with Crippen LogP contribution in [0.25, 0.3) is 10.9 Å². The number of nitrogens with one attached hydrogen (secondary N) is 1. The normalized spacial score (nSPS) is 17.5. The molecule has 0 aliphatic heterocycles. The van der Waals surface area contributed by atoms with Gasteiger partial charge in [-0.15, -0.1) is 0 Å². The molecule has 1 N–H and O–H groups in total. The number of rotatable bonds is 2. The second-order valence-corrected chi connectivity index (χ2v) is 7.13. The van der Waals surface area contributed by atoms with Crippen molar-refractivity contribution in [3.8, 4) is 0 Å². The molecule has 1 aliphatic carbocycles. The van der Waals surface area contributed by atoms with E-state index in [4.69, 9.17) is 0 Å². The first-order valence-electron chi connectivity index (χ1n) is 8.50. The van der Waals surface area contributed by atoms with Gasteiger partial charge in [-0.05, 0) is 35.6 Å². The first-order valence-corrected chi connectivity index (χ1v) is 8.50. The van der Waals surface area contributed by atoms with Gasteiger partial charge in [0.25, 0.3) is 0 Å². The largest absolute Gasteiger partial charge is 0.361 e. The van der Waals surface area contributed by atoms with Crippen molar-refractivity contribution in [1.82, 2.24) is 4.98 Å². The molecule has 25 heavy (non-hydrogen) atoms. The monoisotopic (exact) mass is 328 g/mol. The van der Waals surface area contributed by atoms with Crippen molar-refractivity contribution in [2.24, 2.45) is 5.41 Å². The maximum atomic E-state index is 13.1. The lowest BCUT2D eigenvalue weighted by molar-refractivity contribution is 0.0995. The SMILES string of the molecule is CC1(C)Cc2c(cnc3ccccc23)C(=O)/C1=C\Nc1ccccc1. The molecule has 1 aliphatic rings. The lowest BCUT2D eigenvalue weighted by atomic mass is 9.70. The smallest absolute Gasteiger partial charge is 0.192 e. The number of allylic oxidation sites excluding steroid dienone is 1. The molecule has 3 aromatic rings. The highest BCUT2D eigenvalue weighted by molar-refractivity contribution is 6.13. The maximum absolute atomic E-state index is 13.1. The molecule has 124 valence electrons. The minimum Gasteiger partial charge on any atom is -0.361 e. The van der Waals surface area contributed by atoms with Gasteiger partial charge in [-0.3, -0.25) is 9.78 Å². The third-order valence-corrected chi connectivity index (χ3v) is 4.88. The Hall–Kier alpha value is -2.94. The van der Waals surface area contributed by atoms with Gasteiger partial charge in [0.2, 0.25) is 0 Å². The topological polar surface area (TPSA) is 42.0 Å². The van der Waals surface area contributed by atoms with Gasteiger partial charge in [-0.1, -0.05) is 50.2 Å². The van der Waals surface area contributed by atoms with Crippen molar-refractivity contribution in [3.63, 3.8) is 0 Å². The van der Waals surface area contributed by atoms with Gasteiger partial charge < -0.3 is 5.32 Å². The van der Waals surface area contributed by atoms with Gasteiger partial charge >= 0.3 is 0 Å². The Bertz CT molecular complexity index is 987. The molecule has 0 saturated carbocycles. The molecular weight excluding hydrogens is 308 g/mol. The highest BCUT2D eigenvalue weighted by atomic mass is 16.1. The average molecular weight is 328 g/mol. The Labute approximate surface area is 147 Å². The maximum Gasteiger partial charge on any atom is 0.192 e. The molecule has 3 heteroatoms. The molecule has 0 fully saturated rings. The third kappa shape index (κ3) is 2.72. The van der Waals surface area contributed by atoms with Crippen LogP contribution in [0.1, 0.15) is 29.8 Å². The number of benzene rings is 2. The van der Waals surface area contributed by atoms with Crippen molar-refractivity contribution >= 4 is 22.4 Å². The number of anilines is 1. The fourth-order valence-corrected chi connectivity index (χ4v) is 3.53. The summed E-state index contributed by atoms with van der Waals surface area (Å²) >= 11 is 0. The molecule has 1 heterocycles. The highest BCUT2D eigenvalue weighted by Crippen LogP contribution is 2.41. The minimum atomic E-state index is -0.240. The minimum absolute atomic E-state index is 0.0629. The van der Waals surface area contributed by atoms with E-state index in [0.29, 0.717) is 0 Å². The van der Waals surface area contributed by atoms with Crippen LogP contribution in [0.15, 0.2) is 72.6 Å². The summed E-state index contributed by atoms with van der Waals surface area (Å²) in [6.07, 6.45) is 4.40. The third-order valence-electron chi connectivity index (χ3n) is 4.88. The molecule has 1 aromatic heterocycles. The summed E-state index contributed by atoms with van der Waals surface area (Å²) in [5.74, 6) is 0.0629. The number of carbonyl (C=O) groups excluding carboxylic acids is 1. The summed E-state index contributed by atoms with van der Waals surface area (Å²) in [6.45, 7) is 4.25. The molecule has 2 aromatic carbocycles. The molecule has 0 spiro atoms. The fourth-order valence-electron chi connectivity index (χ4n) is 3.53. The summed E-state index contributed by atoms with van der Waals surface area (Å²) in [7, 11) is 0. The summed E-state index contributed by atoms with van der Waals surface area (Å²) in [5.41, 5.74) is 4.30. The van der Waals surface area contributed by atoms with Gasteiger partial charge in [0, 0.05) is 34.6 Å². The first-order chi connectivity index (χ1) is 12.1. The van der Waals surface area contributed by atoms with Gasteiger partial charge in [-0.25, -0.2) is 0 Å². The quantitative estimate of drug-likeness (QED) is 0.673. The molecule has 0 bridgehead atoms. The number of hydrogen-bond donors (Lipinski definition) is 1. The van der Waals surface area contributed by atoms with E-state index in [2.05, 4.69) is 30.2 Å². The van der Waals surface area contributed by atoms with Gasteiger partial charge in [0.05, 0.1) is 5.52 Å². The lowest BCUT2D eigenvalue weighted by Gasteiger charge is -2.33. The van der Waals surface area contributed by atoms with E-state index in [1.54, 1.807) is 6.20 Å². The van der Waals surface area contributed by atoms with Crippen molar-refractivity contribution in [2.75, 3.05) is 5.32 Å². The van der Waals surface area contributed by atoms with Gasteiger partial charge in [0.1, 0.15) is 0 Å². The van der Waals surface area contributed by atoms with Crippen molar-refractivity contribution in [2.45, 2.75) is 20.3 Å². The molecule has 4 rings (SSSR count). The molecule has 0 unspecified atom stereocenters. The second kappa shape index (κ2) is 5.85. The zero-order chi connectivity index (χ0) is 17.4. The molecule has 0 saturated heterocycles. The number of pyridine rings is 1. The second-order valence-electron chi connectivity index (χ2n) is 7.13. The summed E-state index contributed by atoms with van der Waals surface area (Å²) < 4.78 is 0. The fraction of sp³-hybridized carbons (Fsp3) is 0.182. The molecule has 0 amide bonds. The van der Waals surface area contributed by atoms with E-state index in [9.17, 15) is 4.79 Å². The first kappa shape index (κ1) is 15.6. The standard InChI is InChI=1S/C22H20N2O/c1-22(2)12-17-16-10-6-7-11-20(16)24-13-18(17)21(25)19(22)14-23-15-8-4-3-5-9-15/h3-11,13-14,23H,12H2,1-2H3/b19-14+. The van der Waals surface area contributed by atoms with Crippen LogP contribution in [0.5, 0.6) is 0 Å². The average Bonchev–Trinajstić information content (AvgIpc) is 2.62. The highest BCUT2D eigenvalue weighted by Gasteiger charge is 2.37. The van der Waals surface area contributed by atoms with Crippen molar-refractivity contribution < 1.29 is 4.79 Å². The number of carbonyl (C=O) groups is 1. The Morgan fingerprint density at radius 2 is 1.76 bits per heavy atom. The predicted molar refractivity (Wildman–Crippen MR) is 102 cm³/mol. The van der Waals surface area contributed by atoms with E-state index >= 15 is 0 Å². The van der Waals surface area contributed by atoms with Crippen molar-refractivity contribution in [1.29, 1.82) is 0 Å². The lowest BCUT2D eigenvalue weighted by Crippen LogP contribution is -2.31. The number of fused-ring (bicyclic) bond motifs is 3. The van der Waals surface area contributed by atoms with Crippen LogP contribution in [0.2, 0.25) is 0 Å². The van der Waals surface area contributed by atoms with Gasteiger partial charge in [-0.2, -0.15) is 0 Å². The van der Waals surface area contributed by atoms with E-state index < -0.39 is 0 Å². The van der Waals surface area contributed by atoms with Gasteiger partial charge in [0.15, 0.2) is 5.78 Å². The number of ketones is 1. The van der Waals surface area contributed by atoms with Crippen LogP contribution < -0.4 is 5.32 Å². The molecule has 3 nitrogen and oxygen atoms in total. The van der Waals surface area contributed by atoms with E-state index in [0.717, 1.165) is 39.7 Å². The zero-order valence-corrected chi connectivity index (χ0v) is 14.4. The summed E-state index contributed by atoms with van der Waals surface area (Å²) in [6, 6.07) is 17.9. The van der Waals surface area contributed by atoms with Crippen molar-refractivity contribution in [3.05, 3.63) is 83.7 Å². The van der Waals surface area contributed by atoms with Crippen LogP contribution in [0, 0.1) is 5.41 Å². The van der Waals surface area contributed by atoms with E-state index in [1.807, 2.05) is 54.7 Å². The van der Waals surface area contributed by atoms with E-state index in [-0.39, 0.29) is 11.2 Å². The number of aromatic nitrogens is 1. The number of hydrogen-bond acceptors (Lipinski definition) is 3. The molecular formula is C22H20N2O. The molecule has 0 radical (unpaired) electrons. The van der Waals surface area contributed by atoms with Crippen LogP contribution in [0.4, 0.5) is 5.69 Å². The van der Waals surface area contributed by atoms with Crippen LogP contribution in [-0.2, 0) is 6.42 Å². The summed E-state index contributed by atoms with van der Waals surface area (Å²) in [5, 5.41) is 4.35. The number of Topliss-reactive ketones (excluding diaryl/α,β-unsaturated/α-hetero) is 1. The number of nitrogens with zero attached hydrogens (tertiary/aromatic N) is 1. The van der Waals surface area contributed by atoms with Crippen LogP contribution in [0.3, 0.4) is 0 Å². The van der Waals surface area contributed by atoms with Crippen LogP contribution >= 0.6 is 0 Å². The molecule has 0 atom stereocenters. The summed E-state index contributed by atoms with van der Waals surface area (Å²) in [4.78, 5) is 17.6. The Morgan fingerprint density at radius 1 is 1.04 bits per heavy atom. The number of para-hydroxylation sites is 2. The van der Waals surface area contributed by atoms with Crippen LogP contribution in [-0.4, -0.2) is 10.8 Å². The predicted octanol–water partition coefficient (Wildman–Crippen LogP) is 5.00. The zero-order valence-electron chi connectivity index (χ0n) is 14.4. The Morgan fingerprint density at radius 3 is 2.56 bits per heavy atom.